The van der Waals surface area contributed by atoms with Gasteiger partial charge >= 0.3 is 0 Å². The number of hydrogen-bond acceptors (Lipinski definition) is 0. The third-order valence-corrected chi connectivity index (χ3v) is 31.4. The molecule has 10 aliphatic rings. The summed E-state index contributed by atoms with van der Waals surface area (Å²) in [7, 11) is 0. The van der Waals surface area contributed by atoms with Crippen LogP contribution in [0.25, 0.3) is 177 Å². The van der Waals surface area contributed by atoms with Crippen LogP contribution in [-0.2, 0) is 10.8 Å². The second-order valence-electron chi connectivity index (χ2n) is 37.0. The molecule has 0 amide bonds. The van der Waals surface area contributed by atoms with Crippen LogP contribution < -0.4 is 0 Å². The first kappa shape index (κ1) is 67.7. The van der Waals surface area contributed by atoms with E-state index in [9.17, 15) is 0 Å². The second-order valence-corrected chi connectivity index (χ2v) is 37.0. The summed E-state index contributed by atoms with van der Waals surface area (Å²) < 4.78 is 10.1. The molecule has 0 aliphatic heterocycles. The third-order valence-electron chi connectivity index (χ3n) is 31.4. The monoisotopic (exact) mass is 1540 g/mol. The van der Waals surface area contributed by atoms with Gasteiger partial charge in [-0.3, -0.25) is 0 Å². The van der Waals surface area contributed by atoms with Gasteiger partial charge in [-0.1, -0.05) is 261 Å². The van der Waals surface area contributed by atoms with E-state index in [1.54, 1.807) is 22.3 Å². The van der Waals surface area contributed by atoms with Gasteiger partial charge in [-0.15, -0.1) is 0 Å². The molecular weight excluding hydrogens is 1450 g/mol. The third kappa shape index (κ3) is 9.43. The van der Waals surface area contributed by atoms with Gasteiger partial charge in [0.25, 0.3) is 0 Å². The highest BCUT2D eigenvalue weighted by molar-refractivity contribution is 6.23. The maximum absolute atomic E-state index is 2.65. The first-order valence-corrected chi connectivity index (χ1v) is 44.4. The number of aromatic nitrogens is 4. The number of fused-ring (bicyclic) bond motifs is 18. The maximum Gasteiger partial charge on any atom is 0.0547 e. The lowest BCUT2D eigenvalue weighted by atomic mass is 9.43. The van der Waals surface area contributed by atoms with E-state index in [1.807, 2.05) is 0 Å². The average molecular weight is 1540 g/mol. The predicted molar refractivity (Wildman–Crippen MR) is 499 cm³/mol. The minimum atomic E-state index is 0.129. The van der Waals surface area contributed by atoms with Crippen molar-refractivity contribution in [3.63, 3.8) is 0 Å². The Labute approximate surface area is 698 Å². The van der Waals surface area contributed by atoms with Gasteiger partial charge in [0.15, 0.2) is 0 Å². The molecule has 8 bridgehead atoms. The number of rotatable bonds is 8. The van der Waals surface area contributed by atoms with E-state index in [0.29, 0.717) is 0 Å². The van der Waals surface area contributed by atoms with Crippen LogP contribution in [-0.4, -0.2) is 18.3 Å². The van der Waals surface area contributed by atoms with E-state index in [1.165, 1.54) is 241 Å². The highest BCUT2D eigenvalue weighted by atomic mass is 15.0. The summed E-state index contributed by atoms with van der Waals surface area (Å²) in [5, 5.41) is 10.3. The molecular formula is C116H88N4. The first-order chi connectivity index (χ1) is 59.5. The Balaban J connectivity index is 0.000000127. The van der Waals surface area contributed by atoms with Crippen LogP contribution in [0.5, 0.6) is 0 Å². The zero-order chi connectivity index (χ0) is 78.2. The summed E-state index contributed by atoms with van der Waals surface area (Å²) in [6.07, 6.45) is 14.1. The van der Waals surface area contributed by atoms with Crippen molar-refractivity contribution in [3.05, 3.63) is 386 Å². The van der Waals surface area contributed by atoms with Gasteiger partial charge < -0.3 is 18.3 Å². The molecule has 120 heavy (non-hydrogen) atoms. The molecule has 8 saturated carbocycles. The van der Waals surface area contributed by atoms with Crippen molar-refractivity contribution in [3.8, 4) is 89.5 Å². The van der Waals surface area contributed by atoms with Gasteiger partial charge in [0.2, 0.25) is 0 Å². The SMILES string of the molecule is c1ccc(-c2cccc(-n3c4ccccc4c4c(-c5cccc6c5c5ccccc5n6-c5ccc6c(c5)C5(c7ccccc7-6)C6CC7CC(C6)CC5C7)cccc43)c2)cc1.c1ccc(-c2cccc(-n3c4ccccc4c4cc(-c5cccc6c5c5ccccc5n6-c5ccc6c(c5)C5(c7ccccc7-6)C6CC7CC(C6)CC5C7)ccc43)c2)cc1. The van der Waals surface area contributed by atoms with Crippen LogP contribution in [0.15, 0.2) is 364 Å². The summed E-state index contributed by atoms with van der Waals surface area (Å²) in [4.78, 5) is 0. The first-order valence-electron chi connectivity index (χ1n) is 44.4. The molecule has 4 heterocycles. The van der Waals surface area contributed by atoms with E-state index in [4.69, 9.17) is 0 Å². The molecule has 0 atom stereocenters. The Hall–Kier alpha value is -13.3. The lowest BCUT2D eigenvalue weighted by Crippen LogP contribution is -2.55. The normalized spacial score (nSPS) is 22.4. The van der Waals surface area contributed by atoms with Crippen molar-refractivity contribution in [2.75, 3.05) is 0 Å². The number of para-hydroxylation sites is 4. The number of nitrogens with zero attached hydrogens (tertiary/aromatic N) is 4. The Morgan fingerprint density at radius 3 is 0.925 bits per heavy atom. The van der Waals surface area contributed by atoms with Crippen LogP contribution in [0, 0.1) is 47.3 Å². The lowest BCUT2D eigenvalue weighted by molar-refractivity contribution is -0.0399. The summed E-state index contributed by atoms with van der Waals surface area (Å²) in [6.45, 7) is 0. The molecule has 8 fully saturated rings. The Morgan fingerprint density at radius 2 is 0.483 bits per heavy atom. The van der Waals surface area contributed by atoms with Crippen molar-refractivity contribution >= 4 is 87.2 Å². The number of hydrogen-bond donors (Lipinski definition) is 0. The largest absolute Gasteiger partial charge is 0.309 e. The zero-order valence-corrected chi connectivity index (χ0v) is 67.1. The fourth-order valence-corrected chi connectivity index (χ4v) is 27.5. The van der Waals surface area contributed by atoms with Gasteiger partial charge in [0, 0.05) is 76.7 Å². The molecule has 4 aromatic heterocycles. The predicted octanol–water partition coefficient (Wildman–Crippen LogP) is 29.9. The fourth-order valence-electron chi connectivity index (χ4n) is 27.5. The van der Waals surface area contributed by atoms with Gasteiger partial charge in [-0.2, -0.15) is 0 Å². The topological polar surface area (TPSA) is 19.7 Å². The standard InChI is InChI=1S/2C58H44N2/c1-2-13-38(14-3-1)39-15-10-16-42(34-39)59-52-23-8-5-18-48(52)56-46(20-11-25-54(56)59)47-21-12-26-55-57(47)49-19-6-9-24-53(49)60(55)43-27-28-45-44-17-4-7-22-50(44)58(51(45)35-43)40-30-36-29-37(32-40)33-41(58)31-36;1-2-12-38(13-3-1)39-14-10-15-43(33-39)59-53-21-8-5-17-48(53)50-34-40(24-27-55(50)59)45-19-11-23-56-57(45)49-18-6-9-22-54(49)60(56)44-25-26-47-46-16-4-7-20-51(46)58(52(47)35-44)41-29-36-28-37(31-41)32-42(58)30-36/h1-28,34-37,40-41H,29-33H2;1-27,33-37,41-42H,28-32H2. The van der Waals surface area contributed by atoms with E-state index in [-0.39, 0.29) is 10.8 Å². The minimum absolute atomic E-state index is 0.129. The molecule has 2 spiro atoms. The van der Waals surface area contributed by atoms with E-state index in [2.05, 4.69) is 382 Å². The second kappa shape index (κ2) is 25.6. The Bertz CT molecular complexity index is 7650. The quantitative estimate of drug-likeness (QED) is 0.144. The van der Waals surface area contributed by atoms with E-state index in [0.717, 1.165) is 47.3 Å². The van der Waals surface area contributed by atoms with Gasteiger partial charge in [0.1, 0.15) is 0 Å². The molecule has 4 heteroatoms. The average Bonchev–Trinajstić information content (AvgIpc) is 1.50. The molecule has 0 radical (unpaired) electrons. The molecule has 0 N–H and O–H groups in total. The van der Waals surface area contributed by atoms with Crippen molar-refractivity contribution in [1.29, 1.82) is 0 Å². The van der Waals surface area contributed by atoms with Crippen molar-refractivity contribution in [2.24, 2.45) is 47.3 Å². The summed E-state index contributed by atoms with van der Waals surface area (Å²) in [5.41, 5.74) is 37.5. The van der Waals surface area contributed by atoms with Crippen molar-refractivity contribution in [2.45, 2.75) is 75.0 Å². The smallest absolute Gasteiger partial charge is 0.0547 e. The van der Waals surface area contributed by atoms with Crippen LogP contribution >= 0.6 is 0 Å². The van der Waals surface area contributed by atoms with E-state index < -0.39 is 0 Å². The molecule has 30 rings (SSSR count). The fraction of sp³-hybridized carbons (Fsp3) is 0.172. The van der Waals surface area contributed by atoms with Gasteiger partial charge in [-0.25, -0.2) is 0 Å². The van der Waals surface area contributed by atoms with Gasteiger partial charge in [0.05, 0.1) is 44.1 Å². The molecule has 4 nitrogen and oxygen atoms in total. The van der Waals surface area contributed by atoms with Crippen LogP contribution in [0.2, 0.25) is 0 Å². The molecule has 0 unspecified atom stereocenters. The molecule has 20 aromatic rings. The Kier molecular flexibility index (Phi) is 14.5. The lowest BCUT2D eigenvalue weighted by Gasteiger charge is -2.61. The van der Waals surface area contributed by atoms with Crippen LogP contribution in [0.4, 0.5) is 0 Å². The summed E-state index contributed by atoms with van der Waals surface area (Å²) in [6, 6.07) is 138. The molecule has 10 aliphatic carbocycles. The maximum atomic E-state index is 2.65. The molecule has 572 valence electrons. The summed E-state index contributed by atoms with van der Waals surface area (Å²) >= 11 is 0. The number of benzene rings is 16. The highest BCUT2D eigenvalue weighted by Gasteiger charge is 2.63. The van der Waals surface area contributed by atoms with Crippen molar-refractivity contribution in [1.82, 2.24) is 18.3 Å². The van der Waals surface area contributed by atoms with Gasteiger partial charge in [-0.05, 0) is 304 Å². The molecule has 16 aromatic carbocycles. The minimum Gasteiger partial charge on any atom is -0.309 e. The van der Waals surface area contributed by atoms with Crippen molar-refractivity contribution < 1.29 is 0 Å². The Morgan fingerprint density at radius 1 is 0.175 bits per heavy atom. The van der Waals surface area contributed by atoms with Crippen LogP contribution in [0.1, 0.15) is 86.5 Å². The highest BCUT2D eigenvalue weighted by Crippen LogP contribution is 2.72. The van der Waals surface area contributed by atoms with E-state index >= 15 is 0 Å². The summed E-state index contributed by atoms with van der Waals surface area (Å²) in [5.74, 6) is 6.65. The zero-order valence-electron chi connectivity index (χ0n) is 67.1. The van der Waals surface area contributed by atoms with Crippen LogP contribution in [0.3, 0.4) is 0 Å². The molecule has 0 saturated heterocycles.